The van der Waals surface area contributed by atoms with E-state index in [1.807, 2.05) is 6.07 Å². The van der Waals surface area contributed by atoms with Crippen molar-refractivity contribution in [3.8, 4) is 6.07 Å². The number of nitrogens with one attached hydrogen (secondary N) is 1. The molecule has 1 heterocycles. The molecule has 0 radical (unpaired) electrons. The first-order valence-corrected chi connectivity index (χ1v) is 4.86. The third kappa shape index (κ3) is 2.65. The minimum atomic E-state index is 0.373. The molecule has 0 saturated carbocycles. The van der Waals surface area contributed by atoms with E-state index >= 15 is 0 Å². The molecule has 0 amide bonds. The zero-order valence-corrected chi connectivity index (χ0v) is 7.90. The second-order valence-electron chi connectivity index (χ2n) is 2.60. The van der Waals surface area contributed by atoms with Gasteiger partial charge < -0.3 is 5.32 Å². The Morgan fingerprint density at radius 3 is 3.17 bits per heavy atom. The molecular formula is C9H12N2S. The number of thiophene rings is 1. The monoisotopic (exact) mass is 180 g/mol. The maximum absolute atomic E-state index is 8.32. The van der Waals surface area contributed by atoms with Gasteiger partial charge >= 0.3 is 0 Å². The largest absolute Gasteiger partial charge is 0.308 e. The van der Waals surface area contributed by atoms with Crippen LogP contribution in [-0.4, -0.2) is 6.54 Å². The smallest absolute Gasteiger partial charge is 0.0635 e. The summed E-state index contributed by atoms with van der Waals surface area (Å²) in [6, 6.07) is 6.63. The van der Waals surface area contributed by atoms with Crippen LogP contribution >= 0.6 is 11.3 Å². The van der Waals surface area contributed by atoms with E-state index < -0.39 is 0 Å². The summed E-state index contributed by atoms with van der Waals surface area (Å²) in [5.41, 5.74) is 0. The molecule has 1 aromatic heterocycles. The zero-order valence-electron chi connectivity index (χ0n) is 7.08. The Labute approximate surface area is 76.8 Å². The van der Waals surface area contributed by atoms with Gasteiger partial charge in [-0.15, -0.1) is 11.3 Å². The molecule has 0 saturated heterocycles. The summed E-state index contributed by atoms with van der Waals surface area (Å²) >= 11 is 1.74. The van der Waals surface area contributed by atoms with Crippen LogP contribution in [0, 0.1) is 11.3 Å². The van der Waals surface area contributed by atoms with Gasteiger partial charge in [-0.05, 0) is 18.4 Å². The highest BCUT2D eigenvalue weighted by Gasteiger charge is 2.03. The third-order valence-electron chi connectivity index (χ3n) is 1.66. The molecule has 0 aliphatic heterocycles. The van der Waals surface area contributed by atoms with Gasteiger partial charge in [0.2, 0.25) is 0 Å². The molecule has 0 aliphatic rings. The molecule has 0 fully saturated rings. The van der Waals surface area contributed by atoms with Crippen molar-refractivity contribution in [2.24, 2.45) is 0 Å². The van der Waals surface area contributed by atoms with E-state index in [9.17, 15) is 0 Å². The molecule has 0 aromatic carbocycles. The van der Waals surface area contributed by atoms with Crippen molar-refractivity contribution in [3.63, 3.8) is 0 Å². The SMILES string of the molecule is C[C@@H](NCCC#N)c1cccs1. The minimum Gasteiger partial charge on any atom is -0.308 e. The lowest BCUT2D eigenvalue weighted by molar-refractivity contribution is 0.591. The van der Waals surface area contributed by atoms with Crippen molar-refractivity contribution in [1.29, 1.82) is 5.26 Å². The van der Waals surface area contributed by atoms with E-state index in [0.29, 0.717) is 12.5 Å². The van der Waals surface area contributed by atoms with Gasteiger partial charge in [0.15, 0.2) is 0 Å². The molecule has 1 rings (SSSR count). The summed E-state index contributed by atoms with van der Waals surface area (Å²) in [5, 5.41) is 13.7. The van der Waals surface area contributed by atoms with Crippen molar-refractivity contribution >= 4 is 11.3 Å². The summed E-state index contributed by atoms with van der Waals surface area (Å²) in [5.74, 6) is 0. The highest BCUT2D eigenvalue weighted by molar-refractivity contribution is 7.10. The standard InChI is InChI=1S/C9H12N2S/c1-8(11-6-3-5-10)9-4-2-7-12-9/h2,4,7-8,11H,3,6H2,1H3/t8-/m1/s1. The van der Waals surface area contributed by atoms with Crippen molar-refractivity contribution in [2.45, 2.75) is 19.4 Å². The predicted octanol–water partition coefficient (Wildman–Crippen LogP) is 2.31. The van der Waals surface area contributed by atoms with Gasteiger partial charge in [-0.1, -0.05) is 6.07 Å². The Morgan fingerprint density at radius 1 is 1.75 bits per heavy atom. The molecule has 64 valence electrons. The summed E-state index contributed by atoms with van der Waals surface area (Å²) < 4.78 is 0. The number of rotatable bonds is 4. The van der Waals surface area contributed by atoms with Crippen molar-refractivity contribution in [2.75, 3.05) is 6.54 Å². The average Bonchev–Trinajstić information content (AvgIpc) is 2.56. The lowest BCUT2D eigenvalue weighted by Gasteiger charge is -2.09. The highest BCUT2D eigenvalue weighted by atomic mass is 32.1. The summed E-state index contributed by atoms with van der Waals surface area (Å²) in [4.78, 5) is 1.33. The van der Waals surface area contributed by atoms with E-state index in [2.05, 4.69) is 29.8 Å². The minimum absolute atomic E-state index is 0.373. The molecule has 1 N–H and O–H groups in total. The van der Waals surface area contributed by atoms with Crippen molar-refractivity contribution in [3.05, 3.63) is 22.4 Å². The second-order valence-corrected chi connectivity index (χ2v) is 3.58. The number of nitriles is 1. The lowest BCUT2D eigenvalue weighted by atomic mass is 10.2. The molecular weight excluding hydrogens is 168 g/mol. The number of nitrogens with zero attached hydrogens (tertiary/aromatic N) is 1. The van der Waals surface area contributed by atoms with Crippen LogP contribution in [0.25, 0.3) is 0 Å². The van der Waals surface area contributed by atoms with E-state index in [4.69, 9.17) is 5.26 Å². The summed E-state index contributed by atoms with van der Waals surface area (Å²) in [7, 11) is 0. The van der Waals surface area contributed by atoms with Crippen LogP contribution in [-0.2, 0) is 0 Å². The highest BCUT2D eigenvalue weighted by Crippen LogP contribution is 2.17. The molecule has 0 bridgehead atoms. The molecule has 1 atom stereocenters. The Morgan fingerprint density at radius 2 is 2.58 bits per heavy atom. The van der Waals surface area contributed by atoms with Crippen LogP contribution in [0.1, 0.15) is 24.3 Å². The summed E-state index contributed by atoms with van der Waals surface area (Å²) in [6.45, 7) is 2.89. The van der Waals surface area contributed by atoms with Gasteiger partial charge in [0, 0.05) is 23.9 Å². The van der Waals surface area contributed by atoms with Gasteiger partial charge in [-0.3, -0.25) is 0 Å². The van der Waals surface area contributed by atoms with Crippen LogP contribution in [0.5, 0.6) is 0 Å². The van der Waals surface area contributed by atoms with Crippen molar-refractivity contribution in [1.82, 2.24) is 5.32 Å². The van der Waals surface area contributed by atoms with Gasteiger partial charge in [-0.2, -0.15) is 5.26 Å². The fourth-order valence-electron chi connectivity index (χ4n) is 0.983. The van der Waals surface area contributed by atoms with E-state index in [0.717, 1.165) is 6.54 Å². The second kappa shape index (κ2) is 4.91. The quantitative estimate of drug-likeness (QED) is 0.722. The van der Waals surface area contributed by atoms with Crippen LogP contribution < -0.4 is 5.32 Å². The van der Waals surface area contributed by atoms with Gasteiger partial charge in [0.25, 0.3) is 0 Å². The van der Waals surface area contributed by atoms with Crippen LogP contribution in [0.15, 0.2) is 17.5 Å². The first-order chi connectivity index (χ1) is 5.84. The Kier molecular flexibility index (Phi) is 3.78. The third-order valence-corrected chi connectivity index (χ3v) is 2.71. The molecule has 2 nitrogen and oxygen atoms in total. The van der Waals surface area contributed by atoms with Gasteiger partial charge in [0.1, 0.15) is 0 Å². The number of hydrogen-bond donors (Lipinski definition) is 1. The fourth-order valence-corrected chi connectivity index (χ4v) is 1.74. The van der Waals surface area contributed by atoms with E-state index in [1.165, 1.54) is 4.88 Å². The average molecular weight is 180 g/mol. The first kappa shape index (κ1) is 9.24. The summed E-state index contributed by atoms with van der Waals surface area (Å²) in [6.07, 6.45) is 0.579. The maximum atomic E-state index is 8.32. The topological polar surface area (TPSA) is 35.8 Å². The van der Waals surface area contributed by atoms with Crippen molar-refractivity contribution < 1.29 is 0 Å². The molecule has 12 heavy (non-hydrogen) atoms. The van der Waals surface area contributed by atoms with E-state index in [-0.39, 0.29) is 0 Å². The lowest BCUT2D eigenvalue weighted by Crippen LogP contribution is -2.18. The molecule has 0 spiro atoms. The van der Waals surface area contributed by atoms with Gasteiger partial charge in [0.05, 0.1) is 6.07 Å². The molecule has 0 aliphatic carbocycles. The van der Waals surface area contributed by atoms with Crippen LogP contribution in [0.3, 0.4) is 0 Å². The fraction of sp³-hybridized carbons (Fsp3) is 0.444. The normalized spacial score (nSPS) is 12.3. The van der Waals surface area contributed by atoms with Gasteiger partial charge in [-0.25, -0.2) is 0 Å². The first-order valence-electron chi connectivity index (χ1n) is 3.98. The Balaban J connectivity index is 2.30. The number of hydrogen-bond acceptors (Lipinski definition) is 3. The molecule has 1 aromatic rings. The van der Waals surface area contributed by atoms with E-state index in [1.54, 1.807) is 11.3 Å². The Hall–Kier alpha value is -0.850. The Bertz CT molecular complexity index is 248. The van der Waals surface area contributed by atoms with Crippen LogP contribution in [0.2, 0.25) is 0 Å². The maximum Gasteiger partial charge on any atom is 0.0635 e. The predicted molar refractivity (Wildman–Crippen MR) is 51.0 cm³/mol. The molecule has 3 heteroatoms. The van der Waals surface area contributed by atoms with Crippen LogP contribution in [0.4, 0.5) is 0 Å². The zero-order chi connectivity index (χ0) is 8.81. The molecule has 0 unspecified atom stereocenters.